The Hall–Kier alpha value is -4.99. The molecule has 182 valence electrons. The minimum atomic E-state index is -0.427. The maximum absolute atomic E-state index is 12.4. The minimum absolute atomic E-state index is 0.299. The number of urea groups is 1. The van der Waals surface area contributed by atoms with Crippen LogP contribution in [0.4, 0.5) is 22.1 Å². The topological polar surface area (TPSA) is 127 Å². The first kappa shape index (κ1) is 24.1. The molecule has 2 amide bonds. The molecule has 36 heavy (non-hydrogen) atoms. The van der Waals surface area contributed by atoms with Gasteiger partial charge in [0.2, 0.25) is 11.8 Å². The van der Waals surface area contributed by atoms with Crippen molar-refractivity contribution in [3.05, 3.63) is 84.7 Å². The van der Waals surface area contributed by atoms with E-state index in [0.29, 0.717) is 52.4 Å². The van der Waals surface area contributed by atoms with E-state index in [1.165, 1.54) is 0 Å². The summed E-state index contributed by atoms with van der Waals surface area (Å²) in [6.07, 6.45) is 3.30. The first-order valence-electron chi connectivity index (χ1n) is 11.1. The summed E-state index contributed by atoms with van der Waals surface area (Å²) in [4.78, 5) is 37.0. The van der Waals surface area contributed by atoms with Crippen molar-refractivity contribution in [2.24, 2.45) is 0 Å². The lowest BCUT2D eigenvalue weighted by Gasteiger charge is -2.11. The highest BCUT2D eigenvalue weighted by atomic mass is 16.5. The number of anilines is 3. The van der Waals surface area contributed by atoms with Gasteiger partial charge in [-0.25, -0.2) is 24.5 Å². The Balaban J connectivity index is 1.38. The van der Waals surface area contributed by atoms with Crippen LogP contribution in [0.2, 0.25) is 0 Å². The molecule has 0 spiro atoms. The van der Waals surface area contributed by atoms with Gasteiger partial charge in [0, 0.05) is 30.8 Å². The quantitative estimate of drug-likeness (QED) is 0.292. The Kier molecular flexibility index (Phi) is 7.66. The van der Waals surface area contributed by atoms with Gasteiger partial charge in [-0.1, -0.05) is 0 Å². The number of aromatic nitrogens is 3. The fraction of sp³-hybridized carbons (Fsp3) is 0.115. The van der Waals surface area contributed by atoms with Crippen molar-refractivity contribution in [3.8, 4) is 22.9 Å². The second-order valence-electron chi connectivity index (χ2n) is 7.37. The average molecular weight is 485 g/mol. The number of rotatable bonds is 8. The SMILES string of the molecule is CCOC(=O)c1ccc(NC(=O)Nc2ccc(Oc3ncccc3-c3ccnc(NC)n3)cc2)cc1. The lowest BCUT2D eigenvalue weighted by atomic mass is 10.2. The maximum atomic E-state index is 12.4. The third-order valence-electron chi connectivity index (χ3n) is 4.91. The van der Waals surface area contributed by atoms with E-state index >= 15 is 0 Å². The van der Waals surface area contributed by atoms with Crippen LogP contribution >= 0.6 is 0 Å². The first-order chi connectivity index (χ1) is 17.6. The van der Waals surface area contributed by atoms with E-state index in [9.17, 15) is 9.59 Å². The molecule has 4 aromatic rings. The molecule has 2 aromatic heterocycles. The molecular formula is C26H24N6O4. The standard InChI is InChI=1S/C26H24N6O4/c1-3-35-24(33)17-6-8-18(9-7-17)30-26(34)31-19-10-12-20(13-11-19)36-23-21(5-4-15-28-23)22-14-16-29-25(27-2)32-22/h4-16H,3H2,1-2H3,(H,27,29,32)(H2,30,31,34). The van der Waals surface area contributed by atoms with Gasteiger partial charge in [-0.05, 0) is 73.7 Å². The van der Waals surface area contributed by atoms with Gasteiger partial charge in [0.1, 0.15) is 5.75 Å². The van der Waals surface area contributed by atoms with Crippen LogP contribution in [0, 0.1) is 0 Å². The number of hydrogen-bond donors (Lipinski definition) is 3. The van der Waals surface area contributed by atoms with Crippen LogP contribution in [0.3, 0.4) is 0 Å². The molecule has 0 saturated carbocycles. The zero-order chi connectivity index (χ0) is 25.3. The monoisotopic (exact) mass is 484 g/mol. The lowest BCUT2D eigenvalue weighted by molar-refractivity contribution is 0.0526. The number of esters is 1. The summed E-state index contributed by atoms with van der Waals surface area (Å²) in [5.74, 6) is 1.01. The smallest absolute Gasteiger partial charge is 0.338 e. The Bertz CT molecular complexity index is 1340. The summed E-state index contributed by atoms with van der Waals surface area (Å²) >= 11 is 0. The molecule has 0 aliphatic rings. The van der Waals surface area contributed by atoms with E-state index in [2.05, 4.69) is 30.9 Å². The molecule has 4 rings (SSSR count). The molecule has 0 fully saturated rings. The molecule has 10 heteroatoms. The van der Waals surface area contributed by atoms with Gasteiger partial charge in [0.25, 0.3) is 0 Å². The Morgan fingerprint density at radius 2 is 1.56 bits per heavy atom. The molecule has 0 aliphatic heterocycles. The van der Waals surface area contributed by atoms with Gasteiger partial charge in [0.05, 0.1) is 23.4 Å². The summed E-state index contributed by atoms with van der Waals surface area (Å²) in [7, 11) is 1.75. The van der Waals surface area contributed by atoms with Crippen LogP contribution in [-0.2, 0) is 4.74 Å². The number of hydrogen-bond acceptors (Lipinski definition) is 8. The molecule has 10 nitrogen and oxygen atoms in total. The molecule has 0 radical (unpaired) electrons. The van der Waals surface area contributed by atoms with Gasteiger partial charge in [-0.15, -0.1) is 0 Å². The van der Waals surface area contributed by atoms with E-state index in [1.54, 1.807) is 87.0 Å². The van der Waals surface area contributed by atoms with Gasteiger partial charge in [-0.2, -0.15) is 0 Å². The van der Waals surface area contributed by atoms with Crippen LogP contribution in [0.25, 0.3) is 11.3 Å². The fourth-order valence-corrected chi connectivity index (χ4v) is 3.21. The van der Waals surface area contributed by atoms with Gasteiger partial charge in [0.15, 0.2) is 0 Å². The van der Waals surface area contributed by atoms with E-state index in [-0.39, 0.29) is 0 Å². The summed E-state index contributed by atoms with van der Waals surface area (Å²) in [5, 5.41) is 8.38. The summed E-state index contributed by atoms with van der Waals surface area (Å²) in [6.45, 7) is 2.04. The molecule has 0 saturated heterocycles. The lowest BCUT2D eigenvalue weighted by Crippen LogP contribution is -2.19. The molecular weight excluding hydrogens is 460 g/mol. The zero-order valence-corrected chi connectivity index (χ0v) is 19.7. The number of carbonyl (C=O) groups excluding carboxylic acids is 2. The average Bonchev–Trinajstić information content (AvgIpc) is 2.90. The van der Waals surface area contributed by atoms with Crippen molar-refractivity contribution in [3.63, 3.8) is 0 Å². The molecule has 3 N–H and O–H groups in total. The van der Waals surface area contributed by atoms with Crippen molar-refractivity contribution >= 4 is 29.3 Å². The van der Waals surface area contributed by atoms with E-state index in [0.717, 1.165) is 0 Å². The van der Waals surface area contributed by atoms with Gasteiger partial charge >= 0.3 is 12.0 Å². The normalized spacial score (nSPS) is 10.3. The maximum Gasteiger partial charge on any atom is 0.338 e. The number of carbonyl (C=O) groups is 2. The van der Waals surface area contributed by atoms with Crippen molar-refractivity contribution in [1.82, 2.24) is 15.0 Å². The summed E-state index contributed by atoms with van der Waals surface area (Å²) in [5.41, 5.74) is 2.90. The Labute approximate surface area is 207 Å². The number of benzene rings is 2. The second-order valence-corrected chi connectivity index (χ2v) is 7.37. The molecule has 0 unspecified atom stereocenters. The number of ether oxygens (including phenoxy) is 2. The van der Waals surface area contributed by atoms with E-state index in [4.69, 9.17) is 9.47 Å². The minimum Gasteiger partial charge on any atom is -0.462 e. The zero-order valence-electron chi connectivity index (χ0n) is 19.7. The van der Waals surface area contributed by atoms with Crippen molar-refractivity contribution < 1.29 is 19.1 Å². The van der Waals surface area contributed by atoms with Crippen LogP contribution in [0.15, 0.2) is 79.1 Å². The van der Waals surface area contributed by atoms with E-state index < -0.39 is 12.0 Å². The highest BCUT2D eigenvalue weighted by molar-refractivity contribution is 6.00. The second kappa shape index (κ2) is 11.4. The van der Waals surface area contributed by atoms with Crippen molar-refractivity contribution in [1.29, 1.82) is 0 Å². The van der Waals surface area contributed by atoms with E-state index in [1.807, 2.05) is 6.07 Å². The third-order valence-corrected chi connectivity index (χ3v) is 4.91. The number of pyridine rings is 1. The molecule has 0 aliphatic carbocycles. The first-order valence-corrected chi connectivity index (χ1v) is 11.1. The van der Waals surface area contributed by atoms with Crippen LogP contribution in [0.1, 0.15) is 17.3 Å². The van der Waals surface area contributed by atoms with Crippen LogP contribution < -0.4 is 20.7 Å². The Morgan fingerprint density at radius 3 is 2.22 bits per heavy atom. The largest absolute Gasteiger partial charge is 0.462 e. The van der Waals surface area contributed by atoms with Crippen molar-refractivity contribution in [2.75, 3.05) is 29.6 Å². The Morgan fingerprint density at radius 1 is 0.861 bits per heavy atom. The number of nitrogens with zero attached hydrogens (tertiary/aromatic N) is 3. The van der Waals surface area contributed by atoms with Gasteiger partial charge in [-0.3, -0.25) is 0 Å². The summed E-state index contributed by atoms with van der Waals surface area (Å²) < 4.78 is 10.9. The molecule has 0 atom stereocenters. The van der Waals surface area contributed by atoms with Crippen molar-refractivity contribution in [2.45, 2.75) is 6.92 Å². The predicted octanol–water partition coefficient (Wildman–Crippen LogP) is 5.19. The predicted molar refractivity (Wildman–Crippen MR) is 136 cm³/mol. The third kappa shape index (κ3) is 6.11. The highest BCUT2D eigenvalue weighted by Gasteiger charge is 2.12. The van der Waals surface area contributed by atoms with Crippen LogP contribution in [0.5, 0.6) is 11.6 Å². The molecule has 2 aromatic carbocycles. The summed E-state index contributed by atoms with van der Waals surface area (Å²) in [6, 6.07) is 18.3. The van der Waals surface area contributed by atoms with Gasteiger partial charge < -0.3 is 25.4 Å². The number of amides is 2. The number of nitrogens with one attached hydrogen (secondary N) is 3. The fourth-order valence-electron chi connectivity index (χ4n) is 3.21. The highest BCUT2D eigenvalue weighted by Crippen LogP contribution is 2.31. The van der Waals surface area contributed by atoms with Crippen LogP contribution in [-0.4, -0.2) is 40.6 Å². The molecule has 0 bridgehead atoms. The molecule has 2 heterocycles.